The Bertz CT molecular complexity index is 568. The molecule has 1 saturated heterocycles. The Labute approximate surface area is 108 Å². The molecule has 1 fully saturated rings. The first kappa shape index (κ1) is 12.8. The first-order valence-corrected chi connectivity index (χ1v) is 5.41. The fraction of sp³-hybridized carbons (Fsp3) is 0.250. The first-order valence-electron chi connectivity index (χ1n) is 5.41. The number of anilines is 1. The van der Waals surface area contributed by atoms with E-state index in [0.717, 1.165) is 0 Å². The quantitative estimate of drug-likeness (QED) is 0.653. The van der Waals surface area contributed by atoms with Gasteiger partial charge in [0.05, 0.1) is 13.2 Å². The Morgan fingerprint density at radius 2 is 2.16 bits per heavy atom. The molecule has 1 N–H and O–H groups in total. The van der Waals surface area contributed by atoms with Gasteiger partial charge in [-0.05, 0) is 12.1 Å². The van der Waals surface area contributed by atoms with E-state index in [1.807, 2.05) is 0 Å². The second kappa shape index (κ2) is 5.80. The largest absolute Gasteiger partial charge is 0.483 e. The Morgan fingerprint density at radius 1 is 1.42 bits per heavy atom. The number of rotatable bonds is 4. The van der Waals surface area contributed by atoms with Crippen LogP contribution < -0.4 is 10.2 Å². The third-order valence-electron chi connectivity index (χ3n) is 2.34. The van der Waals surface area contributed by atoms with E-state index in [4.69, 9.17) is 20.0 Å². The zero-order valence-electron chi connectivity index (χ0n) is 9.76. The molecule has 96 valence electrons. The summed E-state index contributed by atoms with van der Waals surface area (Å²) in [5.41, 5.74) is 2.33. The number of hydrogen-bond acceptors (Lipinski definition) is 6. The van der Waals surface area contributed by atoms with Crippen molar-refractivity contribution >= 4 is 11.4 Å². The van der Waals surface area contributed by atoms with Crippen molar-refractivity contribution in [2.24, 2.45) is 5.10 Å². The fourth-order valence-electron chi connectivity index (χ4n) is 1.35. The summed E-state index contributed by atoms with van der Waals surface area (Å²) < 4.78 is 23.7. The van der Waals surface area contributed by atoms with Crippen LogP contribution in [0.15, 0.2) is 23.3 Å². The topological polar surface area (TPSA) is 90.4 Å². The Morgan fingerprint density at radius 3 is 2.74 bits per heavy atom. The molecule has 0 radical (unpaired) electrons. The highest BCUT2D eigenvalue weighted by atomic mass is 19.1. The van der Waals surface area contributed by atoms with Crippen LogP contribution in [0.4, 0.5) is 10.1 Å². The van der Waals surface area contributed by atoms with Gasteiger partial charge in [-0.25, -0.2) is 4.39 Å². The van der Waals surface area contributed by atoms with Crippen LogP contribution in [0.25, 0.3) is 0 Å². The lowest BCUT2D eigenvalue weighted by Gasteiger charge is -2.27. The fourth-order valence-corrected chi connectivity index (χ4v) is 1.35. The highest BCUT2D eigenvalue weighted by Gasteiger charge is 2.21. The van der Waals surface area contributed by atoms with Gasteiger partial charge in [0.2, 0.25) is 5.71 Å². The molecule has 0 aliphatic carbocycles. The van der Waals surface area contributed by atoms with Crippen molar-refractivity contribution in [2.75, 3.05) is 18.6 Å². The molecule has 0 bridgehead atoms. The van der Waals surface area contributed by atoms with Crippen molar-refractivity contribution in [3.8, 4) is 17.9 Å². The summed E-state index contributed by atoms with van der Waals surface area (Å²) in [6.45, 7) is 0.948. The van der Waals surface area contributed by atoms with Gasteiger partial charge in [-0.3, -0.25) is 5.43 Å². The molecule has 0 amide bonds. The van der Waals surface area contributed by atoms with E-state index in [1.54, 1.807) is 12.1 Å². The Kier molecular flexibility index (Phi) is 3.91. The Balaban J connectivity index is 2.17. The van der Waals surface area contributed by atoms with E-state index in [9.17, 15) is 4.39 Å². The summed E-state index contributed by atoms with van der Waals surface area (Å²) in [5, 5.41) is 20.7. The zero-order chi connectivity index (χ0) is 13.7. The van der Waals surface area contributed by atoms with Crippen molar-refractivity contribution in [3.63, 3.8) is 0 Å². The molecular weight excluding hydrogens is 251 g/mol. The number of nitriles is 2. The van der Waals surface area contributed by atoms with Crippen LogP contribution >= 0.6 is 0 Å². The molecule has 2 rings (SSSR count). The average molecular weight is 260 g/mol. The molecule has 1 aliphatic heterocycles. The summed E-state index contributed by atoms with van der Waals surface area (Å²) >= 11 is 0. The normalized spacial score (nSPS) is 13.6. The van der Waals surface area contributed by atoms with Gasteiger partial charge in [-0.2, -0.15) is 15.6 Å². The number of nitrogens with one attached hydrogen (secondary N) is 1. The number of benzene rings is 1. The lowest BCUT2D eigenvalue weighted by atomic mass is 10.2. The highest BCUT2D eigenvalue weighted by Crippen LogP contribution is 2.27. The predicted molar refractivity (Wildman–Crippen MR) is 63.9 cm³/mol. The van der Waals surface area contributed by atoms with Crippen molar-refractivity contribution in [1.82, 2.24) is 0 Å². The van der Waals surface area contributed by atoms with Crippen molar-refractivity contribution in [1.29, 1.82) is 10.5 Å². The van der Waals surface area contributed by atoms with Gasteiger partial charge in [0, 0.05) is 6.07 Å². The van der Waals surface area contributed by atoms with Crippen LogP contribution in [0.3, 0.4) is 0 Å². The number of halogens is 1. The average Bonchev–Trinajstić information content (AvgIpc) is 2.37. The highest BCUT2D eigenvalue weighted by molar-refractivity contribution is 6.10. The van der Waals surface area contributed by atoms with Crippen molar-refractivity contribution < 1.29 is 13.9 Å². The summed E-state index contributed by atoms with van der Waals surface area (Å²) in [4.78, 5) is 0. The number of hydrazone groups is 1. The van der Waals surface area contributed by atoms with Gasteiger partial charge in [0.1, 0.15) is 35.5 Å². The van der Waals surface area contributed by atoms with Gasteiger partial charge < -0.3 is 9.47 Å². The lowest BCUT2D eigenvalue weighted by Crippen LogP contribution is -2.38. The monoisotopic (exact) mass is 260 g/mol. The maximum absolute atomic E-state index is 13.2. The molecule has 7 heteroatoms. The number of hydrogen-bond donors (Lipinski definition) is 1. The van der Waals surface area contributed by atoms with Gasteiger partial charge >= 0.3 is 0 Å². The molecule has 1 heterocycles. The second-order valence-corrected chi connectivity index (χ2v) is 3.71. The van der Waals surface area contributed by atoms with E-state index >= 15 is 0 Å². The van der Waals surface area contributed by atoms with Gasteiger partial charge in [-0.1, -0.05) is 0 Å². The molecular formula is C12H9FN4O2. The van der Waals surface area contributed by atoms with Crippen LogP contribution in [-0.2, 0) is 4.74 Å². The molecule has 0 saturated carbocycles. The van der Waals surface area contributed by atoms with Gasteiger partial charge in [0.25, 0.3) is 0 Å². The molecule has 6 nitrogen and oxygen atoms in total. The summed E-state index contributed by atoms with van der Waals surface area (Å²) in [6, 6.07) is 7.05. The minimum atomic E-state index is -0.481. The van der Waals surface area contributed by atoms with E-state index < -0.39 is 5.82 Å². The van der Waals surface area contributed by atoms with E-state index in [1.165, 1.54) is 18.2 Å². The van der Waals surface area contributed by atoms with Crippen LogP contribution in [0.1, 0.15) is 0 Å². The van der Waals surface area contributed by atoms with Crippen LogP contribution in [0, 0.1) is 28.5 Å². The number of nitrogens with zero attached hydrogens (tertiary/aromatic N) is 3. The smallest absolute Gasteiger partial charge is 0.237 e. The molecule has 0 atom stereocenters. The maximum Gasteiger partial charge on any atom is 0.237 e. The van der Waals surface area contributed by atoms with E-state index in [-0.39, 0.29) is 17.5 Å². The van der Waals surface area contributed by atoms with Crippen LogP contribution in [-0.4, -0.2) is 25.0 Å². The molecule has 0 spiro atoms. The molecule has 0 unspecified atom stereocenters. The van der Waals surface area contributed by atoms with Gasteiger partial charge in [-0.15, -0.1) is 0 Å². The molecule has 1 aromatic carbocycles. The SMILES string of the molecule is N#CC(C#N)=NNc1cc(F)ccc1OC1COC1. The molecule has 1 aromatic rings. The van der Waals surface area contributed by atoms with Crippen LogP contribution in [0.5, 0.6) is 5.75 Å². The van der Waals surface area contributed by atoms with Gasteiger partial charge in [0.15, 0.2) is 0 Å². The Hall–Kier alpha value is -2.64. The van der Waals surface area contributed by atoms with Crippen LogP contribution in [0.2, 0.25) is 0 Å². The van der Waals surface area contributed by atoms with E-state index in [2.05, 4.69) is 10.5 Å². The summed E-state index contributed by atoms with van der Waals surface area (Å²) in [5.74, 6) is -0.0981. The molecule has 19 heavy (non-hydrogen) atoms. The molecule has 0 aromatic heterocycles. The zero-order valence-corrected chi connectivity index (χ0v) is 9.76. The van der Waals surface area contributed by atoms with Crippen molar-refractivity contribution in [2.45, 2.75) is 6.10 Å². The third-order valence-corrected chi connectivity index (χ3v) is 2.34. The van der Waals surface area contributed by atoms with E-state index in [0.29, 0.717) is 19.0 Å². The first-order chi connectivity index (χ1) is 9.22. The lowest BCUT2D eigenvalue weighted by molar-refractivity contribution is -0.0794. The van der Waals surface area contributed by atoms with Crippen molar-refractivity contribution in [3.05, 3.63) is 24.0 Å². The summed E-state index contributed by atoms with van der Waals surface area (Å²) in [6.07, 6.45) is -0.0820. The minimum Gasteiger partial charge on any atom is -0.483 e. The third kappa shape index (κ3) is 3.18. The number of ether oxygens (including phenoxy) is 2. The molecule has 1 aliphatic rings. The maximum atomic E-state index is 13.2. The minimum absolute atomic E-state index is 0.0820. The standard InChI is InChI=1S/C12H9FN4O2/c13-8-1-2-12(19-10-6-18-7-10)11(3-8)17-16-9(4-14)5-15/h1-3,10,17H,6-7H2. The predicted octanol–water partition coefficient (Wildman–Crippen LogP) is 1.42. The second-order valence-electron chi connectivity index (χ2n) is 3.71. The summed E-state index contributed by atoms with van der Waals surface area (Å²) in [7, 11) is 0.